The second-order valence-corrected chi connectivity index (χ2v) is 8.65. The fourth-order valence-corrected chi connectivity index (χ4v) is 4.30. The number of nitrogens with one attached hydrogen (secondary N) is 2. The lowest BCUT2D eigenvalue weighted by Gasteiger charge is -2.14. The van der Waals surface area contributed by atoms with Crippen molar-refractivity contribution in [3.8, 4) is 23.0 Å². The second-order valence-electron chi connectivity index (χ2n) is 7.00. The lowest BCUT2D eigenvalue weighted by atomic mass is 10.3. The van der Waals surface area contributed by atoms with Crippen molar-refractivity contribution in [3.63, 3.8) is 0 Å². The molecule has 3 rings (SSSR count). The van der Waals surface area contributed by atoms with Crippen molar-refractivity contribution in [2.24, 2.45) is 0 Å². The normalized spacial score (nSPS) is 10.8. The third kappa shape index (κ3) is 6.32. The molecule has 0 radical (unpaired) electrons. The summed E-state index contributed by atoms with van der Waals surface area (Å²) in [5, 5.41) is 2.69. The van der Waals surface area contributed by atoms with Gasteiger partial charge in [0, 0.05) is 11.4 Å². The highest BCUT2D eigenvalue weighted by molar-refractivity contribution is 7.92. The molecule has 2 N–H and O–H groups in total. The fraction of sp³-hybridized carbons (Fsp3) is 0.208. The summed E-state index contributed by atoms with van der Waals surface area (Å²) in [5.41, 5.74) is 0.656. The van der Waals surface area contributed by atoms with Gasteiger partial charge < -0.3 is 24.3 Å². The number of hydrogen-bond donors (Lipinski definition) is 2. The van der Waals surface area contributed by atoms with Crippen molar-refractivity contribution in [1.82, 2.24) is 0 Å². The first-order valence-electron chi connectivity index (χ1n) is 10.3. The van der Waals surface area contributed by atoms with E-state index >= 15 is 0 Å². The quantitative estimate of drug-likeness (QED) is 0.422. The minimum atomic E-state index is -4.00. The van der Waals surface area contributed by atoms with Crippen molar-refractivity contribution in [2.75, 3.05) is 38.0 Å². The maximum atomic E-state index is 13.0. The van der Waals surface area contributed by atoms with Gasteiger partial charge in [0.25, 0.3) is 10.0 Å². The van der Waals surface area contributed by atoms with E-state index in [0.29, 0.717) is 28.6 Å². The average molecular weight is 487 g/mol. The van der Waals surface area contributed by atoms with Gasteiger partial charge in [0.15, 0.2) is 11.5 Å². The van der Waals surface area contributed by atoms with E-state index in [9.17, 15) is 13.2 Å². The number of amides is 1. The van der Waals surface area contributed by atoms with Crippen LogP contribution in [0.4, 0.5) is 11.4 Å². The number of hydrogen-bond acceptors (Lipinski definition) is 7. The van der Waals surface area contributed by atoms with Crippen molar-refractivity contribution in [1.29, 1.82) is 0 Å². The molecule has 0 saturated carbocycles. The molecule has 0 heterocycles. The summed E-state index contributed by atoms with van der Waals surface area (Å²) in [5.74, 6) is 1.49. The number of carbonyl (C=O) groups excluding carboxylic acids is 1. The molecule has 0 aliphatic rings. The van der Waals surface area contributed by atoms with Gasteiger partial charge in [-0.3, -0.25) is 9.52 Å². The van der Waals surface area contributed by atoms with Crippen LogP contribution in [-0.4, -0.2) is 42.3 Å². The summed E-state index contributed by atoms with van der Waals surface area (Å²) < 4.78 is 49.6. The number of rotatable bonds is 11. The summed E-state index contributed by atoms with van der Waals surface area (Å²) >= 11 is 0. The van der Waals surface area contributed by atoms with Gasteiger partial charge in [0.05, 0.1) is 34.4 Å². The zero-order valence-corrected chi connectivity index (χ0v) is 19.8. The van der Waals surface area contributed by atoms with Gasteiger partial charge in [0.1, 0.15) is 16.4 Å². The Morgan fingerprint density at radius 1 is 0.794 bits per heavy atom. The van der Waals surface area contributed by atoms with Crippen LogP contribution in [0.3, 0.4) is 0 Å². The Morgan fingerprint density at radius 2 is 1.44 bits per heavy atom. The Hall–Kier alpha value is -3.92. The predicted octanol–water partition coefficient (Wildman–Crippen LogP) is 3.92. The van der Waals surface area contributed by atoms with E-state index < -0.39 is 10.0 Å². The van der Waals surface area contributed by atoms with Crippen LogP contribution in [0.25, 0.3) is 0 Å². The molecule has 0 unspecified atom stereocenters. The van der Waals surface area contributed by atoms with Gasteiger partial charge >= 0.3 is 0 Å². The average Bonchev–Trinajstić information content (AvgIpc) is 2.84. The van der Waals surface area contributed by atoms with Gasteiger partial charge in [-0.25, -0.2) is 8.42 Å². The van der Waals surface area contributed by atoms with Crippen molar-refractivity contribution in [3.05, 3.63) is 66.7 Å². The first-order valence-corrected chi connectivity index (χ1v) is 11.7. The number of para-hydroxylation sites is 2. The Kier molecular flexibility index (Phi) is 8.20. The number of sulfonamides is 1. The van der Waals surface area contributed by atoms with Crippen LogP contribution in [-0.2, 0) is 14.8 Å². The van der Waals surface area contributed by atoms with E-state index in [-0.39, 0.29) is 29.6 Å². The van der Waals surface area contributed by atoms with Gasteiger partial charge in [-0.1, -0.05) is 12.1 Å². The number of methoxy groups -OCH3 is 3. The molecule has 0 fully saturated rings. The zero-order chi connectivity index (χ0) is 24.6. The van der Waals surface area contributed by atoms with Crippen molar-refractivity contribution in [2.45, 2.75) is 11.3 Å². The first-order chi connectivity index (χ1) is 16.4. The van der Waals surface area contributed by atoms with Crippen LogP contribution in [0, 0.1) is 0 Å². The minimum Gasteiger partial charge on any atom is -0.497 e. The third-order valence-corrected chi connectivity index (χ3v) is 6.14. The Morgan fingerprint density at radius 3 is 2.09 bits per heavy atom. The molecular formula is C24H26N2O7S. The molecule has 0 aliphatic heterocycles. The lowest BCUT2D eigenvalue weighted by molar-refractivity contribution is -0.116. The highest BCUT2D eigenvalue weighted by Crippen LogP contribution is 2.30. The SMILES string of the molecule is COc1ccc(NS(=O)(=O)c2cc(NC(=O)CCOc3ccccc3OC)ccc2OC)cc1. The van der Waals surface area contributed by atoms with Crippen molar-refractivity contribution < 1.29 is 32.2 Å². The summed E-state index contributed by atoms with van der Waals surface area (Å²) in [7, 11) is 0.428. The molecule has 1 amide bonds. The van der Waals surface area contributed by atoms with E-state index in [1.807, 2.05) is 6.07 Å². The predicted molar refractivity (Wildman–Crippen MR) is 129 cm³/mol. The van der Waals surface area contributed by atoms with E-state index in [2.05, 4.69) is 10.0 Å². The second kappa shape index (κ2) is 11.3. The molecule has 0 spiro atoms. The largest absolute Gasteiger partial charge is 0.497 e. The zero-order valence-electron chi connectivity index (χ0n) is 19.0. The molecule has 0 saturated heterocycles. The van der Waals surface area contributed by atoms with E-state index in [4.69, 9.17) is 18.9 Å². The summed E-state index contributed by atoms with van der Waals surface area (Å²) in [6.07, 6.45) is 0.0518. The van der Waals surface area contributed by atoms with Gasteiger partial charge in [-0.05, 0) is 54.6 Å². The number of carbonyl (C=O) groups is 1. The molecule has 10 heteroatoms. The number of ether oxygens (including phenoxy) is 4. The maximum absolute atomic E-state index is 13.0. The molecule has 0 bridgehead atoms. The molecule has 3 aromatic carbocycles. The molecule has 34 heavy (non-hydrogen) atoms. The first kappa shape index (κ1) is 24.7. The van der Waals surface area contributed by atoms with E-state index in [0.717, 1.165) is 0 Å². The highest BCUT2D eigenvalue weighted by Gasteiger charge is 2.21. The maximum Gasteiger partial charge on any atom is 0.265 e. The lowest BCUT2D eigenvalue weighted by Crippen LogP contribution is -2.17. The van der Waals surface area contributed by atoms with Gasteiger partial charge in [-0.2, -0.15) is 0 Å². The molecular weight excluding hydrogens is 460 g/mol. The van der Waals surface area contributed by atoms with Gasteiger partial charge in [0.2, 0.25) is 5.91 Å². The molecule has 3 aromatic rings. The monoisotopic (exact) mass is 486 g/mol. The summed E-state index contributed by atoms with van der Waals surface area (Å²) in [6, 6.07) is 17.9. The Balaban J connectivity index is 1.68. The molecule has 9 nitrogen and oxygen atoms in total. The molecule has 0 aromatic heterocycles. The number of anilines is 2. The summed E-state index contributed by atoms with van der Waals surface area (Å²) in [6.45, 7) is 0.118. The van der Waals surface area contributed by atoms with E-state index in [1.54, 1.807) is 48.5 Å². The van der Waals surface area contributed by atoms with E-state index in [1.165, 1.54) is 33.5 Å². The molecule has 0 aliphatic carbocycles. The fourth-order valence-electron chi connectivity index (χ4n) is 3.05. The van der Waals surface area contributed by atoms with Crippen LogP contribution in [0.5, 0.6) is 23.0 Å². The standard InChI is InChI=1S/C24H26N2O7S/c1-30-19-11-8-17(9-12-19)26-34(28,29)23-16-18(10-13-22(23)32-3)25-24(27)14-15-33-21-7-5-4-6-20(21)31-2/h4-13,16,26H,14-15H2,1-3H3,(H,25,27). The minimum absolute atomic E-state index is 0.0518. The third-order valence-electron chi connectivity index (χ3n) is 4.73. The Labute approximate surface area is 198 Å². The molecule has 0 atom stereocenters. The van der Waals surface area contributed by atoms with Crippen LogP contribution in [0.15, 0.2) is 71.6 Å². The number of benzene rings is 3. The van der Waals surface area contributed by atoms with Crippen LogP contribution < -0.4 is 29.0 Å². The topological polar surface area (TPSA) is 112 Å². The molecule has 180 valence electrons. The van der Waals surface area contributed by atoms with Crippen LogP contribution in [0.2, 0.25) is 0 Å². The van der Waals surface area contributed by atoms with Crippen molar-refractivity contribution >= 4 is 27.3 Å². The van der Waals surface area contributed by atoms with Gasteiger partial charge in [-0.15, -0.1) is 0 Å². The Bertz CT molecular complexity index is 1230. The summed E-state index contributed by atoms with van der Waals surface area (Å²) in [4.78, 5) is 12.3. The smallest absolute Gasteiger partial charge is 0.265 e. The highest BCUT2D eigenvalue weighted by atomic mass is 32.2. The van der Waals surface area contributed by atoms with Crippen LogP contribution in [0.1, 0.15) is 6.42 Å². The van der Waals surface area contributed by atoms with Crippen LogP contribution >= 0.6 is 0 Å².